The van der Waals surface area contributed by atoms with E-state index in [-0.39, 0.29) is 11.1 Å². The summed E-state index contributed by atoms with van der Waals surface area (Å²) >= 11 is 0. The lowest BCUT2D eigenvalue weighted by Crippen LogP contribution is -2.08. The van der Waals surface area contributed by atoms with Crippen LogP contribution in [0.1, 0.15) is 20.7 Å². The minimum atomic E-state index is -1.39. The number of ether oxygens (including phenoxy) is 1. The van der Waals surface area contributed by atoms with Gasteiger partial charge in [-0.2, -0.15) is 0 Å². The minimum absolute atomic E-state index is 0.00463. The van der Waals surface area contributed by atoms with Gasteiger partial charge in [0.15, 0.2) is 0 Å². The van der Waals surface area contributed by atoms with E-state index < -0.39 is 11.9 Å². The first kappa shape index (κ1) is 9.25. The van der Waals surface area contributed by atoms with Gasteiger partial charge in [0.05, 0.1) is 18.2 Å². The van der Waals surface area contributed by atoms with E-state index in [0.29, 0.717) is 0 Å². The quantitative estimate of drug-likeness (QED) is 0.637. The number of esters is 1. The molecule has 13 heavy (non-hydrogen) atoms. The van der Waals surface area contributed by atoms with Crippen LogP contribution in [-0.2, 0) is 9.84 Å². The summed E-state index contributed by atoms with van der Waals surface area (Å²) < 4.78 is 4.40. The monoisotopic (exact) mass is 179 g/mol. The van der Waals surface area contributed by atoms with E-state index in [1.165, 1.54) is 25.3 Å². The van der Waals surface area contributed by atoms with Gasteiger partial charge in [0.1, 0.15) is 0 Å². The van der Waals surface area contributed by atoms with Crippen molar-refractivity contribution in [3.63, 3.8) is 0 Å². The lowest BCUT2D eigenvalue weighted by atomic mass is 10.1. The van der Waals surface area contributed by atoms with Gasteiger partial charge in [0.2, 0.25) is 0 Å². The molecule has 0 aliphatic heterocycles. The third-order valence-electron chi connectivity index (χ3n) is 1.55. The van der Waals surface area contributed by atoms with Crippen LogP contribution in [0.3, 0.4) is 0 Å². The summed E-state index contributed by atoms with van der Waals surface area (Å²) in [6.07, 6.45) is 0. The summed E-state index contributed by atoms with van der Waals surface area (Å²) in [5.41, 5.74) is -0.153. The average Bonchev–Trinajstić information content (AvgIpc) is 2.16. The van der Waals surface area contributed by atoms with Crippen LogP contribution in [-0.4, -0.2) is 19.0 Å². The van der Waals surface area contributed by atoms with E-state index in [0.717, 1.165) is 0 Å². The lowest BCUT2D eigenvalue weighted by molar-refractivity contribution is 0.0537. The normalized spacial score (nSPS) is 9.31. The fraction of sp³-hybridized carbons (Fsp3) is 0.111. The number of hydrogen-bond acceptors (Lipinski definition) is 3. The van der Waals surface area contributed by atoms with Gasteiger partial charge in [-0.3, -0.25) is 0 Å². The van der Waals surface area contributed by atoms with Gasteiger partial charge in [-0.05, 0) is 12.1 Å². The zero-order chi connectivity index (χ0) is 9.84. The van der Waals surface area contributed by atoms with Crippen LogP contribution in [0, 0.1) is 0 Å². The van der Waals surface area contributed by atoms with Crippen molar-refractivity contribution in [3.05, 3.63) is 35.4 Å². The fourth-order valence-corrected chi connectivity index (χ4v) is 0.949. The van der Waals surface area contributed by atoms with Crippen molar-refractivity contribution in [2.75, 3.05) is 7.11 Å². The van der Waals surface area contributed by atoms with E-state index in [2.05, 4.69) is 4.74 Å². The maximum Gasteiger partial charge on any atom is 0.387 e. The molecular formula is C9H7O4. The molecule has 0 saturated carbocycles. The van der Waals surface area contributed by atoms with Crippen LogP contribution in [0.4, 0.5) is 0 Å². The Bertz CT molecular complexity index is 343. The molecular weight excluding hydrogens is 172 g/mol. The van der Waals surface area contributed by atoms with Crippen LogP contribution in [0.15, 0.2) is 24.3 Å². The number of benzene rings is 1. The van der Waals surface area contributed by atoms with E-state index in [4.69, 9.17) is 0 Å². The highest BCUT2D eigenvalue weighted by Gasteiger charge is 2.16. The van der Waals surface area contributed by atoms with Crippen LogP contribution in [0.2, 0.25) is 0 Å². The van der Waals surface area contributed by atoms with E-state index in [9.17, 15) is 14.7 Å². The molecule has 0 bridgehead atoms. The second-order valence-corrected chi connectivity index (χ2v) is 2.32. The van der Waals surface area contributed by atoms with E-state index in [1.54, 1.807) is 6.07 Å². The van der Waals surface area contributed by atoms with Crippen LogP contribution >= 0.6 is 0 Å². The number of carbonyl (C=O) groups excluding carboxylic acids is 2. The maximum absolute atomic E-state index is 11.0. The summed E-state index contributed by atoms with van der Waals surface area (Å²) in [6.45, 7) is 0. The van der Waals surface area contributed by atoms with Gasteiger partial charge in [-0.25, -0.2) is 14.7 Å². The molecule has 1 aromatic rings. The van der Waals surface area contributed by atoms with Gasteiger partial charge in [0.25, 0.3) is 0 Å². The second-order valence-electron chi connectivity index (χ2n) is 2.32. The van der Waals surface area contributed by atoms with E-state index >= 15 is 0 Å². The molecule has 4 nitrogen and oxygen atoms in total. The average molecular weight is 179 g/mol. The van der Waals surface area contributed by atoms with E-state index in [1.807, 2.05) is 0 Å². The third kappa shape index (κ3) is 1.84. The molecule has 0 N–H and O–H groups in total. The number of rotatable bonds is 2. The number of methoxy groups -OCH3 is 1. The van der Waals surface area contributed by atoms with Gasteiger partial charge in [-0.1, -0.05) is 12.1 Å². The molecule has 0 aromatic heterocycles. The Labute approximate surface area is 74.8 Å². The fourth-order valence-electron chi connectivity index (χ4n) is 0.949. The topological polar surface area (TPSA) is 63.3 Å². The lowest BCUT2D eigenvalue weighted by Gasteiger charge is -2.01. The van der Waals surface area contributed by atoms with Crippen LogP contribution in [0.25, 0.3) is 0 Å². The molecule has 1 radical (unpaired) electrons. The molecule has 0 heterocycles. The van der Waals surface area contributed by atoms with Gasteiger partial charge >= 0.3 is 11.9 Å². The highest BCUT2D eigenvalue weighted by Crippen LogP contribution is 2.09. The molecule has 4 heteroatoms. The van der Waals surface area contributed by atoms with Crippen molar-refractivity contribution in [1.29, 1.82) is 0 Å². The van der Waals surface area contributed by atoms with Crippen molar-refractivity contribution >= 4 is 11.9 Å². The molecule has 1 rings (SSSR count). The summed E-state index contributed by atoms with van der Waals surface area (Å²) in [5.74, 6) is -2.07. The van der Waals surface area contributed by atoms with Crippen molar-refractivity contribution in [1.82, 2.24) is 0 Å². The molecule has 0 spiro atoms. The first-order valence-electron chi connectivity index (χ1n) is 3.55. The number of carbonyl (C=O) groups is 2. The van der Waals surface area contributed by atoms with Gasteiger partial charge in [0, 0.05) is 0 Å². The summed E-state index contributed by atoms with van der Waals surface area (Å²) in [4.78, 5) is 21.5. The predicted octanol–water partition coefficient (Wildman–Crippen LogP) is 1.04. The van der Waals surface area contributed by atoms with Gasteiger partial charge < -0.3 is 4.74 Å². The molecule has 0 saturated heterocycles. The van der Waals surface area contributed by atoms with Crippen LogP contribution < -0.4 is 0 Å². The highest BCUT2D eigenvalue weighted by molar-refractivity contribution is 6.02. The Balaban J connectivity index is 3.19. The molecule has 0 aliphatic rings. The smallest absolute Gasteiger partial charge is 0.387 e. The molecule has 0 amide bonds. The molecule has 0 atom stereocenters. The van der Waals surface area contributed by atoms with Crippen LogP contribution in [0.5, 0.6) is 0 Å². The van der Waals surface area contributed by atoms with Crippen molar-refractivity contribution in [2.24, 2.45) is 0 Å². The van der Waals surface area contributed by atoms with Crippen molar-refractivity contribution < 1.29 is 19.4 Å². The Morgan fingerprint density at radius 1 is 1.15 bits per heavy atom. The first-order valence-corrected chi connectivity index (χ1v) is 3.55. The number of hydrogen-bond donors (Lipinski definition) is 0. The predicted molar refractivity (Wildman–Crippen MR) is 42.8 cm³/mol. The molecule has 0 unspecified atom stereocenters. The summed E-state index contributed by atoms with van der Waals surface area (Å²) in [6, 6.07) is 5.73. The minimum Gasteiger partial charge on any atom is -0.465 e. The zero-order valence-corrected chi connectivity index (χ0v) is 6.94. The third-order valence-corrected chi connectivity index (χ3v) is 1.55. The summed E-state index contributed by atoms with van der Waals surface area (Å²) in [7, 11) is 1.19. The Hall–Kier alpha value is -1.84. The largest absolute Gasteiger partial charge is 0.465 e. The van der Waals surface area contributed by atoms with Crippen molar-refractivity contribution in [3.8, 4) is 0 Å². The Morgan fingerprint density at radius 3 is 2.15 bits per heavy atom. The Morgan fingerprint density at radius 2 is 1.69 bits per heavy atom. The van der Waals surface area contributed by atoms with Crippen molar-refractivity contribution in [2.45, 2.75) is 0 Å². The highest BCUT2D eigenvalue weighted by atomic mass is 16.5. The maximum atomic E-state index is 11.0. The standard InChI is InChI=1S/C9H7O4/c1-13-9(12)7-5-3-2-4-6(7)8(10)11/h2-5H,1H3. The molecule has 1 aromatic carbocycles. The molecule has 0 fully saturated rings. The zero-order valence-electron chi connectivity index (χ0n) is 6.94. The van der Waals surface area contributed by atoms with Gasteiger partial charge in [-0.15, -0.1) is 0 Å². The summed E-state index contributed by atoms with van der Waals surface area (Å²) in [5, 5.41) is 10.5. The second kappa shape index (κ2) is 3.71. The first-order chi connectivity index (χ1) is 6.16. The Kier molecular flexibility index (Phi) is 2.64. The SMILES string of the molecule is COC(=O)c1ccccc1C([O])=O. The molecule has 67 valence electrons. The molecule has 0 aliphatic carbocycles.